The fraction of sp³-hybridized carbons (Fsp3) is 0.375. The molecule has 0 saturated carbocycles. The zero-order chi connectivity index (χ0) is 26.0. The van der Waals surface area contributed by atoms with Gasteiger partial charge in [0.1, 0.15) is 6.61 Å². The van der Waals surface area contributed by atoms with Crippen LogP contribution < -0.4 is 5.32 Å². The van der Waals surface area contributed by atoms with Crippen molar-refractivity contribution >= 4 is 21.8 Å². The van der Waals surface area contributed by atoms with Crippen molar-refractivity contribution in [2.45, 2.75) is 37.3 Å². The van der Waals surface area contributed by atoms with Gasteiger partial charge in [0.05, 0.1) is 22.0 Å². The SMILES string of the molecule is C=CCOC(=O)N[C@@H](Cc1ccccc1)[C@H](O)CN(CC(C)C)S(=O)(=O)c1ccc([N+](=O)[O-])cc1. The molecule has 2 N–H and O–H groups in total. The van der Waals surface area contributed by atoms with Crippen molar-refractivity contribution in [1.29, 1.82) is 0 Å². The summed E-state index contributed by atoms with van der Waals surface area (Å²) in [5, 5.41) is 24.6. The number of hydrogen-bond donors (Lipinski definition) is 2. The predicted molar refractivity (Wildman–Crippen MR) is 131 cm³/mol. The summed E-state index contributed by atoms with van der Waals surface area (Å²) < 4.78 is 32.8. The summed E-state index contributed by atoms with van der Waals surface area (Å²) in [5.41, 5.74) is 0.596. The molecule has 10 nitrogen and oxygen atoms in total. The van der Waals surface area contributed by atoms with E-state index in [1.807, 2.05) is 44.2 Å². The van der Waals surface area contributed by atoms with Crippen LogP contribution in [-0.2, 0) is 21.2 Å². The van der Waals surface area contributed by atoms with Gasteiger partial charge in [-0.2, -0.15) is 4.31 Å². The molecule has 0 unspecified atom stereocenters. The number of aliphatic hydroxyl groups excluding tert-OH is 1. The van der Waals surface area contributed by atoms with Gasteiger partial charge in [0.15, 0.2) is 0 Å². The molecule has 0 aromatic heterocycles. The standard InChI is InChI=1S/C24H31N3O7S/c1-4-14-34-24(29)25-22(15-19-8-6-5-7-9-19)23(28)17-26(16-18(2)3)35(32,33)21-12-10-20(11-13-21)27(30)31/h4-13,18,22-23,28H,1,14-17H2,2-3H3,(H,25,29)/t22-,23+/m0/s1. The van der Waals surface area contributed by atoms with Crippen molar-refractivity contribution in [1.82, 2.24) is 9.62 Å². The second-order valence-electron chi connectivity index (χ2n) is 8.36. The lowest BCUT2D eigenvalue weighted by molar-refractivity contribution is -0.384. The Bertz CT molecular complexity index is 1090. The highest BCUT2D eigenvalue weighted by Gasteiger charge is 2.31. The van der Waals surface area contributed by atoms with E-state index in [9.17, 15) is 28.4 Å². The molecule has 0 aliphatic carbocycles. The second kappa shape index (κ2) is 13.0. The number of sulfonamides is 1. The third-order valence-corrected chi connectivity index (χ3v) is 6.89. The van der Waals surface area contributed by atoms with Crippen LogP contribution in [0.5, 0.6) is 0 Å². The number of rotatable bonds is 13. The summed E-state index contributed by atoms with van der Waals surface area (Å²) in [5.74, 6) is -0.0758. The first-order valence-electron chi connectivity index (χ1n) is 11.0. The molecule has 35 heavy (non-hydrogen) atoms. The van der Waals surface area contributed by atoms with Crippen LogP contribution >= 0.6 is 0 Å². The summed E-state index contributed by atoms with van der Waals surface area (Å²) in [7, 11) is -4.09. The van der Waals surface area contributed by atoms with Gasteiger partial charge in [0.2, 0.25) is 10.0 Å². The molecule has 2 atom stereocenters. The first kappa shape index (κ1) is 28.0. The number of nitro benzene ring substituents is 1. The van der Waals surface area contributed by atoms with Gasteiger partial charge in [-0.1, -0.05) is 56.8 Å². The lowest BCUT2D eigenvalue weighted by atomic mass is 10.0. The Morgan fingerprint density at radius 2 is 1.80 bits per heavy atom. The molecule has 0 aliphatic heterocycles. The molecule has 190 valence electrons. The Kier molecular flexibility index (Phi) is 10.4. The number of amides is 1. The molecule has 0 aliphatic rings. The summed E-state index contributed by atoms with van der Waals surface area (Å²) in [6.45, 7) is 6.91. The average molecular weight is 506 g/mol. The molecule has 2 aromatic rings. The van der Waals surface area contributed by atoms with Crippen LogP contribution in [0, 0.1) is 16.0 Å². The van der Waals surface area contributed by atoms with E-state index in [1.165, 1.54) is 18.2 Å². The minimum atomic E-state index is -4.09. The van der Waals surface area contributed by atoms with E-state index in [2.05, 4.69) is 11.9 Å². The molecule has 0 fully saturated rings. The number of non-ortho nitro benzene ring substituents is 1. The number of carbonyl (C=O) groups excluding carboxylic acids is 1. The summed E-state index contributed by atoms with van der Waals surface area (Å²) in [6, 6.07) is 12.8. The Balaban J connectivity index is 2.30. The van der Waals surface area contributed by atoms with Crippen LogP contribution in [0.3, 0.4) is 0 Å². The van der Waals surface area contributed by atoms with E-state index >= 15 is 0 Å². The first-order valence-corrected chi connectivity index (χ1v) is 12.5. The van der Waals surface area contributed by atoms with Crippen LogP contribution in [0.2, 0.25) is 0 Å². The molecular weight excluding hydrogens is 474 g/mol. The van der Waals surface area contributed by atoms with Crippen LogP contribution in [-0.4, -0.2) is 60.7 Å². The Hall–Kier alpha value is -3.28. The number of nitro groups is 1. The third-order valence-electron chi connectivity index (χ3n) is 5.04. The van der Waals surface area contributed by atoms with Crippen LogP contribution in [0.4, 0.5) is 10.5 Å². The fourth-order valence-electron chi connectivity index (χ4n) is 3.38. The molecule has 0 saturated heterocycles. The lowest BCUT2D eigenvalue weighted by Crippen LogP contribution is -2.51. The molecule has 0 heterocycles. The van der Waals surface area contributed by atoms with E-state index < -0.39 is 33.2 Å². The van der Waals surface area contributed by atoms with Gasteiger partial charge >= 0.3 is 6.09 Å². The van der Waals surface area contributed by atoms with Gasteiger partial charge in [-0.15, -0.1) is 0 Å². The number of ether oxygens (including phenoxy) is 1. The predicted octanol–water partition coefficient (Wildman–Crippen LogP) is 3.13. The van der Waals surface area contributed by atoms with Gasteiger partial charge in [-0.3, -0.25) is 10.1 Å². The van der Waals surface area contributed by atoms with E-state index in [-0.39, 0.29) is 42.6 Å². The zero-order valence-corrected chi connectivity index (χ0v) is 20.6. The van der Waals surface area contributed by atoms with Gasteiger partial charge in [0, 0.05) is 25.2 Å². The maximum atomic E-state index is 13.4. The topological polar surface area (TPSA) is 139 Å². The van der Waals surface area contributed by atoms with Crippen LogP contribution in [0.15, 0.2) is 72.1 Å². The number of carbonyl (C=O) groups is 1. The molecule has 11 heteroatoms. The minimum Gasteiger partial charge on any atom is -0.445 e. The van der Waals surface area contributed by atoms with Crippen molar-refractivity contribution in [3.05, 3.63) is 82.9 Å². The summed E-state index contributed by atoms with van der Waals surface area (Å²) in [6.07, 6.45) is -0.404. The van der Waals surface area contributed by atoms with E-state index in [4.69, 9.17) is 4.74 Å². The quantitative estimate of drug-likeness (QED) is 0.242. The van der Waals surface area contributed by atoms with Crippen molar-refractivity contribution in [3.8, 4) is 0 Å². The average Bonchev–Trinajstić information content (AvgIpc) is 2.82. The van der Waals surface area contributed by atoms with Crippen molar-refractivity contribution in [2.24, 2.45) is 5.92 Å². The maximum Gasteiger partial charge on any atom is 0.407 e. The monoisotopic (exact) mass is 505 g/mol. The molecule has 0 radical (unpaired) electrons. The Morgan fingerprint density at radius 3 is 2.34 bits per heavy atom. The lowest BCUT2D eigenvalue weighted by Gasteiger charge is -2.30. The van der Waals surface area contributed by atoms with Crippen molar-refractivity contribution in [2.75, 3.05) is 19.7 Å². The highest BCUT2D eigenvalue weighted by molar-refractivity contribution is 7.89. The van der Waals surface area contributed by atoms with Crippen molar-refractivity contribution in [3.63, 3.8) is 0 Å². The zero-order valence-electron chi connectivity index (χ0n) is 19.7. The minimum absolute atomic E-state index is 0.0199. The van der Waals surface area contributed by atoms with E-state index in [1.54, 1.807) is 0 Å². The Morgan fingerprint density at radius 1 is 1.17 bits per heavy atom. The number of aliphatic hydroxyl groups is 1. The second-order valence-corrected chi connectivity index (χ2v) is 10.3. The molecular formula is C24H31N3O7S. The largest absolute Gasteiger partial charge is 0.445 e. The van der Waals surface area contributed by atoms with Gasteiger partial charge in [0.25, 0.3) is 5.69 Å². The molecule has 2 aromatic carbocycles. The van der Waals surface area contributed by atoms with Crippen molar-refractivity contribution < 1.29 is 28.0 Å². The van der Waals surface area contributed by atoms with E-state index in [0.717, 1.165) is 22.0 Å². The smallest absolute Gasteiger partial charge is 0.407 e. The first-order chi connectivity index (χ1) is 16.5. The highest BCUT2D eigenvalue weighted by Crippen LogP contribution is 2.22. The molecule has 0 spiro atoms. The molecule has 2 rings (SSSR count). The molecule has 0 bridgehead atoms. The molecule has 1 amide bonds. The van der Waals surface area contributed by atoms with Crippen LogP contribution in [0.25, 0.3) is 0 Å². The number of benzene rings is 2. The van der Waals surface area contributed by atoms with Gasteiger partial charge < -0.3 is 15.2 Å². The normalized spacial score (nSPS) is 13.3. The third kappa shape index (κ3) is 8.46. The fourth-order valence-corrected chi connectivity index (χ4v) is 5.00. The summed E-state index contributed by atoms with van der Waals surface area (Å²) in [4.78, 5) is 22.4. The highest BCUT2D eigenvalue weighted by atomic mass is 32.2. The number of hydrogen-bond acceptors (Lipinski definition) is 7. The van der Waals surface area contributed by atoms with Gasteiger partial charge in [-0.25, -0.2) is 13.2 Å². The number of alkyl carbamates (subject to hydrolysis) is 1. The maximum absolute atomic E-state index is 13.4. The number of nitrogens with zero attached hydrogens (tertiary/aromatic N) is 2. The van der Waals surface area contributed by atoms with Gasteiger partial charge in [-0.05, 0) is 30.0 Å². The Labute approximate surface area is 205 Å². The van der Waals surface area contributed by atoms with E-state index in [0.29, 0.717) is 0 Å². The van der Waals surface area contributed by atoms with Crippen LogP contribution in [0.1, 0.15) is 19.4 Å². The number of nitrogens with one attached hydrogen (secondary N) is 1. The summed E-state index contributed by atoms with van der Waals surface area (Å²) >= 11 is 0.